The molecular formula is C12H13N3O5. The highest BCUT2D eigenvalue weighted by Gasteiger charge is 2.24. The smallest absolute Gasteiger partial charge is 0.307 e. The van der Waals surface area contributed by atoms with Gasteiger partial charge in [-0.05, 0) is 11.6 Å². The predicted octanol–water partition coefficient (Wildman–Crippen LogP) is 1.06. The summed E-state index contributed by atoms with van der Waals surface area (Å²) in [5.74, 6) is -0.601. The number of nitro groups is 1. The molecule has 1 amide bonds. The number of nitro benzene ring substituents is 1. The Morgan fingerprint density at radius 1 is 1.55 bits per heavy atom. The molecule has 8 nitrogen and oxygen atoms in total. The summed E-state index contributed by atoms with van der Waals surface area (Å²) in [7, 11) is 1.27. The fourth-order valence-electron chi connectivity index (χ4n) is 1.96. The Morgan fingerprint density at radius 3 is 2.95 bits per heavy atom. The number of methoxy groups -OCH3 is 1. The molecule has 0 atom stereocenters. The molecule has 0 spiro atoms. The highest BCUT2D eigenvalue weighted by atomic mass is 16.6. The molecule has 0 unspecified atom stereocenters. The average molecular weight is 279 g/mol. The summed E-state index contributed by atoms with van der Waals surface area (Å²) in [4.78, 5) is 32.8. The Hall–Kier alpha value is -2.64. The van der Waals surface area contributed by atoms with E-state index in [1.807, 2.05) is 0 Å². The lowest BCUT2D eigenvalue weighted by atomic mass is 10.1. The number of anilines is 2. The summed E-state index contributed by atoms with van der Waals surface area (Å²) < 4.78 is 4.48. The van der Waals surface area contributed by atoms with Crippen molar-refractivity contribution < 1.29 is 19.2 Å². The van der Waals surface area contributed by atoms with E-state index in [9.17, 15) is 19.7 Å². The zero-order valence-electron chi connectivity index (χ0n) is 10.8. The largest absolute Gasteiger partial charge is 0.469 e. The number of carbonyl (C=O) groups excluding carboxylic acids is 2. The van der Waals surface area contributed by atoms with Crippen LogP contribution in [0.5, 0.6) is 0 Å². The lowest BCUT2D eigenvalue weighted by molar-refractivity contribution is -0.384. The van der Waals surface area contributed by atoms with Gasteiger partial charge in [-0.3, -0.25) is 19.7 Å². The molecule has 1 aliphatic heterocycles. The number of hydrogen-bond donors (Lipinski definition) is 2. The third-order valence-electron chi connectivity index (χ3n) is 2.92. The van der Waals surface area contributed by atoms with Crippen molar-refractivity contribution in [2.45, 2.75) is 12.8 Å². The van der Waals surface area contributed by atoms with Crippen molar-refractivity contribution in [2.24, 2.45) is 0 Å². The van der Waals surface area contributed by atoms with E-state index in [0.717, 1.165) is 0 Å². The number of nitrogens with zero attached hydrogens (tertiary/aromatic N) is 1. The van der Waals surface area contributed by atoms with Crippen LogP contribution in [0.1, 0.15) is 12.0 Å². The summed E-state index contributed by atoms with van der Waals surface area (Å²) in [5, 5.41) is 16.5. The maximum atomic E-state index is 11.3. The minimum absolute atomic E-state index is 0.0943. The van der Waals surface area contributed by atoms with Crippen LogP contribution in [-0.2, 0) is 20.7 Å². The maximum Gasteiger partial charge on any atom is 0.307 e. The molecule has 2 N–H and O–H groups in total. The van der Waals surface area contributed by atoms with E-state index < -0.39 is 10.9 Å². The van der Waals surface area contributed by atoms with E-state index in [2.05, 4.69) is 15.4 Å². The van der Waals surface area contributed by atoms with Crippen LogP contribution in [-0.4, -0.2) is 30.5 Å². The Labute approximate surface area is 114 Å². The van der Waals surface area contributed by atoms with Crippen LogP contribution in [0, 0.1) is 10.1 Å². The van der Waals surface area contributed by atoms with Gasteiger partial charge in [0, 0.05) is 18.3 Å². The monoisotopic (exact) mass is 279 g/mol. The molecule has 0 saturated heterocycles. The molecule has 0 saturated carbocycles. The van der Waals surface area contributed by atoms with Gasteiger partial charge in [-0.1, -0.05) is 0 Å². The zero-order chi connectivity index (χ0) is 14.7. The lowest BCUT2D eigenvalue weighted by Crippen LogP contribution is -2.11. The lowest BCUT2D eigenvalue weighted by Gasteiger charge is -2.08. The Bertz CT molecular complexity index is 585. The normalized spacial score (nSPS) is 12.6. The van der Waals surface area contributed by atoms with E-state index in [0.29, 0.717) is 11.3 Å². The second-order valence-electron chi connectivity index (χ2n) is 4.26. The van der Waals surface area contributed by atoms with Crippen LogP contribution in [0.15, 0.2) is 12.1 Å². The van der Waals surface area contributed by atoms with Gasteiger partial charge >= 0.3 is 5.97 Å². The molecule has 0 aromatic heterocycles. The molecule has 0 aliphatic carbocycles. The Kier molecular flexibility index (Phi) is 3.83. The number of amides is 1. The fraction of sp³-hybridized carbons (Fsp3) is 0.333. The molecule has 106 valence electrons. The van der Waals surface area contributed by atoms with Crippen LogP contribution in [0.25, 0.3) is 0 Å². The van der Waals surface area contributed by atoms with Gasteiger partial charge in [0.05, 0.1) is 24.9 Å². The van der Waals surface area contributed by atoms with Crippen molar-refractivity contribution in [3.63, 3.8) is 0 Å². The first-order valence-corrected chi connectivity index (χ1v) is 5.93. The number of esters is 1. The molecule has 0 fully saturated rings. The molecule has 20 heavy (non-hydrogen) atoms. The molecule has 1 heterocycles. The molecule has 0 bridgehead atoms. The van der Waals surface area contributed by atoms with Crippen molar-refractivity contribution in [3.8, 4) is 0 Å². The highest BCUT2D eigenvalue weighted by molar-refractivity contribution is 6.00. The fourth-order valence-corrected chi connectivity index (χ4v) is 1.96. The van der Waals surface area contributed by atoms with Crippen LogP contribution in [0.2, 0.25) is 0 Å². The average Bonchev–Trinajstić information content (AvgIpc) is 2.76. The number of ether oxygens (including phenoxy) is 1. The van der Waals surface area contributed by atoms with Gasteiger partial charge in [0.25, 0.3) is 5.69 Å². The van der Waals surface area contributed by atoms with Crippen molar-refractivity contribution in [1.82, 2.24) is 0 Å². The third kappa shape index (κ3) is 2.85. The number of benzene rings is 1. The summed E-state index contributed by atoms with van der Waals surface area (Å²) >= 11 is 0. The second-order valence-corrected chi connectivity index (χ2v) is 4.26. The third-order valence-corrected chi connectivity index (χ3v) is 2.92. The topological polar surface area (TPSA) is 111 Å². The second kappa shape index (κ2) is 5.55. The van der Waals surface area contributed by atoms with Crippen LogP contribution in [0.3, 0.4) is 0 Å². The number of fused-ring (bicyclic) bond motifs is 1. The number of carbonyl (C=O) groups is 2. The van der Waals surface area contributed by atoms with Gasteiger partial charge < -0.3 is 15.4 Å². The van der Waals surface area contributed by atoms with Crippen LogP contribution >= 0.6 is 0 Å². The quantitative estimate of drug-likeness (QED) is 0.473. The van der Waals surface area contributed by atoms with Gasteiger partial charge in [0.2, 0.25) is 5.91 Å². The number of nitrogens with one attached hydrogen (secondary N) is 2. The van der Waals surface area contributed by atoms with Crippen molar-refractivity contribution in [2.75, 3.05) is 24.3 Å². The Morgan fingerprint density at radius 2 is 2.30 bits per heavy atom. The van der Waals surface area contributed by atoms with E-state index in [1.165, 1.54) is 19.2 Å². The number of rotatable bonds is 5. The van der Waals surface area contributed by atoms with E-state index in [-0.39, 0.29) is 36.7 Å². The van der Waals surface area contributed by atoms with Gasteiger partial charge in [-0.15, -0.1) is 0 Å². The summed E-state index contributed by atoms with van der Waals surface area (Å²) in [6.07, 6.45) is 0.232. The van der Waals surface area contributed by atoms with Gasteiger partial charge in [0.1, 0.15) is 5.69 Å². The van der Waals surface area contributed by atoms with Gasteiger partial charge in [-0.2, -0.15) is 0 Å². The van der Waals surface area contributed by atoms with Crippen LogP contribution < -0.4 is 10.6 Å². The van der Waals surface area contributed by atoms with Gasteiger partial charge in [-0.25, -0.2) is 0 Å². The molecule has 1 aromatic rings. The van der Waals surface area contributed by atoms with E-state index >= 15 is 0 Å². The van der Waals surface area contributed by atoms with Gasteiger partial charge in [0.15, 0.2) is 0 Å². The molecule has 8 heteroatoms. The molecule has 1 aromatic carbocycles. The van der Waals surface area contributed by atoms with E-state index in [4.69, 9.17) is 0 Å². The number of hydrogen-bond acceptors (Lipinski definition) is 6. The molecular weight excluding hydrogens is 266 g/mol. The minimum Gasteiger partial charge on any atom is -0.469 e. The zero-order valence-corrected chi connectivity index (χ0v) is 10.8. The highest BCUT2D eigenvalue weighted by Crippen LogP contribution is 2.34. The first kappa shape index (κ1) is 13.8. The first-order chi connectivity index (χ1) is 9.51. The first-order valence-electron chi connectivity index (χ1n) is 5.93. The molecule has 1 aliphatic rings. The molecule has 2 rings (SSSR count). The van der Waals surface area contributed by atoms with Crippen molar-refractivity contribution >= 4 is 28.9 Å². The van der Waals surface area contributed by atoms with Crippen LogP contribution in [0.4, 0.5) is 17.1 Å². The minimum atomic E-state index is -0.524. The summed E-state index contributed by atoms with van der Waals surface area (Å²) in [6.45, 7) is 0.209. The predicted molar refractivity (Wildman–Crippen MR) is 70.6 cm³/mol. The van der Waals surface area contributed by atoms with Crippen molar-refractivity contribution in [3.05, 3.63) is 27.8 Å². The summed E-state index contributed by atoms with van der Waals surface area (Å²) in [6, 6.07) is 2.88. The Balaban J connectivity index is 2.19. The van der Waals surface area contributed by atoms with Crippen molar-refractivity contribution in [1.29, 1.82) is 0 Å². The van der Waals surface area contributed by atoms with E-state index in [1.54, 1.807) is 0 Å². The summed E-state index contributed by atoms with van der Waals surface area (Å²) in [5.41, 5.74) is 1.30. The standard InChI is InChI=1S/C12H13N3O5/c1-20-12(17)2-3-13-9-6-8-7(5-11(16)14-8)4-10(9)15(18)19/h4,6,13H,2-3,5H2,1H3,(H,14,16). The molecule has 0 radical (unpaired) electrons. The maximum absolute atomic E-state index is 11.3. The SMILES string of the molecule is COC(=O)CCNc1cc2c(cc1[N+](=O)[O-])CC(=O)N2.